The number of carbonyl (C=O) groups is 1. The summed E-state index contributed by atoms with van der Waals surface area (Å²) in [5, 5.41) is 3.51. The zero-order valence-electron chi connectivity index (χ0n) is 12.0. The lowest BCUT2D eigenvalue weighted by Gasteiger charge is -2.24. The Kier molecular flexibility index (Phi) is 4.25. The van der Waals surface area contributed by atoms with Gasteiger partial charge in [0.1, 0.15) is 5.60 Å². The lowest BCUT2D eigenvalue weighted by atomic mass is 9.97. The molecule has 0 spiro atoms. The van der Waals surface area contributed by atoms with Gasteiger partial charge in [-0.1, -0.05) is 18.6 Å². The monoisotopic (exact) mass is 261 g/mol. The van der Waals surface area contributed by atoms with Crippen molar-refractivity contribution >= 4 is 5.97 Å². The molecule has 0 aliphatic carbocycles. The molecular formula is C16H23NO2. The van der Waals surface area contributed by atoms with Gasteiger partial charge < -0.3 is 10.1 Å². The molecule has 1 saturated heterocycles. The van der Waals surface area contributed by atoms with Gasteiger partial charge in [0.05, 0.1) is 5.56 Å². The summed E-state index contributed by atoms with van der Waals surface area (Å²) < 4.78 is 5.35. The molecule has 1 aliphatic heterocycles. The summed E-state index contributed by atoms with van der Waals surface area (Å²) >= 11 is 0. The summed E-state index contributed by atoms with van der Waals surface area (Å²) in [4.78, 5) is 11.9. The van der Waals surface area contributed by atoms with E-state index in [-0.39, 0.29) is 5.97 Å². The van der Waals surface area contributed by atoms with E-state index in [9.17, 15) is 4.79 Å². The lowest BCUT2D eigenvalue weighted by molar-refractivity contribution is 0.00695. The molecule has 1 aromatic carbocycles. The first kappa shape index (κ1) is 14.1. The Morgan fingerprint density at radius 3 is 2.42 bits per heavy atom. The van der Waals surface area contributed by atoms with Gasteiger partial charge in [0.15, 0.2) is 0 Å². The summed E-state index contributed by atoms with van der Waals surface area (Å²) in [5.41, 5.74) is 1.43. The van der Waals surface area contributed by atoms with E-state index in [0.717, 1.165) is 6.54 Å². The predicted molar refractivity (Wildman–Crippen MR) is 76.2 cm³/mol. The zero-order chi connectivity index (χ0) is 13.9. The van der Waals surface area contributed by atoms with Gasteiger partial charge in [-0.2, -0.15) is 0 Å². The molecule has 104 valence electrons. The smallest absolute Gasteiger partial charge is 0.338 e. The van der Waals surface area contributed by atoms with Gasteiger partial charge in [-0.3, -0.25) is 0 Å². The molecule has 1 atom stereocenters. The van der Waals surface area contributed by atoms with Crippen LogP contribution in [0, 0.1) is 0 Å². The van der Waals surface area contributed by atoms with Crippen LogP contribution in [0.4, 0.5) is 0 Å². The van der Waals surface area contributed by atoms with Gasteiger partial charge in [0.2, 0.25) is 0 Å². The quantitative estimate of drug-likeness (QED) is 0.829. The number of benzene rings is 1. The van der Waals surface area contributed by atoms with Crippen molar-refractivity contribution in [2.45, 2.75) is 51.7 Å². The molecular weight excluding hydrogens is 238 g/mol. The van der Waals surface area contributed by atoms with Crippen LogP contribution in [0.15, 0.2) is 24.3 Å². The number of nitrogens with one attached hydrogen (secondary N) is 1. The molecule has 0 aromatic heterocycles. The highest BCUT2D eigenvalue weighted by Gasteiger charge is 2.19. The van der Waals surface area contributed by atoms with Crippen molar-refractivity contribution in [3.05, 3.63) is 35.4 Å². The molecule has 19 heavy (non-hydrogen) atoms. The highest BCUT2D eigenvalue weighted by atomic mass is 16.6. The zero-order valence-corrected chi connectivity index (χ0v) is 12.0. The van der Waals surface area contributed by atoms with Crippen LogP contribution in [0.3, 0.4) is 0 Å². The van der Waals surface area contributed by atoms with Gasteiger partial charge in [0.25, 0.3) is 0 Å². The first-order valence-electron chi connectivity index (χ1n) is 7.02. The Bertz CT molecular complexity index is 425. The Morgan fingerprint density at radius 2 is 1.89 bits per heavy atom. The summed E-state index contributed by atoms with van der Waals surface area (Å²) in [5.74, 6) is -0.254. The van der Waals surface area contributed by atoms with Crippen LogP contribution in [0.2, 0.25) is 0 Å². The Balaban J connectivity index is 2.03. The molecule has 0 bridgehead atoms. The van der Waals surface area contributed by atoms with E-state index >= 15 is 0 Å². The molecule has 1 N–H and O–H groups in total. The van der Waals surface area contributed by atoms with E-state index in [1.165, 1.54) is 24.8 Å². The van der Waals surface area contributed by atoms with Crippen molar-refractivity contribution in [2.75, 3.05) is 6.54 Å². The molecule has 1 heterocycles. The fourth-order valence-corrected chi connectivity index (χ4v) is 2.32. The minimum atomic E-state index is -0.444. The SMILES string of the molecule is CC(C)(C)OC(=O)c1ccc(C2CCCCN2)cc1. The number of hydrogen-bond donors (Lipinski definition) is 1. The van der Waals surface area contributed by atoms with Crippen molar-refractivity contribution in [3.8, 4) is 0 Å². The Labute approximate surface area is 115 Å². The second kappa shape index (κ2) is 5.74. The molecule has 1 fully saturated rings. The second-order valence-electron chi connectivity index (χ2n) is 6.13. The van der Waals surface area contributed by atoms with Crippen LogP contribution in [0.25, 0.3) is 0 Å². The van der Waals surface area contributed by atoms with Gasteiger partial charge in [0, 0.05) is 6.04 Å². The maximum Gasteiger partial charge on any atom is 0.338 e. The topological polar surface area (TPSA) is 38.3 Å². The van der Waals surface area contributed by atoms with E-state index in [1.807, 2.05) is 45.0 Å². The molecule has 0 saturated carbocycles. The van der Waals surface area contributed by atoms with Crippen LogP contribution in [-0.4, -0.2) is 18.1 Å². The summed E-state index contributed by atoms with van der Waals surface area (Å²) in [6.45, 7) is 6.72. The molecule has 1 aromatic rings. The van der Waals surface area contributed by atoms with Crippen LogP contribution >= 0.6 is 0 Å². The molecule has 1 unspecified atom stereocenters. The first-order valence-corrected chi connectivity index (χ1v) is 7.02. The van der Waals surface area contributed by atoms with Crippen molar-refractivity contribution < 1.29 is 9.53 Å². The Morgan fingerprint density at radius 1 is 1.21 bits per heavy atom. The van der Waals surface area contributed by atoms with E-state index in [4.69, 9.17) is 4.74 Å². The average Bonchev–Trinajstić information content (AvgIpc) is 2.38. The predicted octanol–water partition coefficient (Wildman–Crippen LogP) is 3.46. The summed E-state index contributed by atoms with van der Waals surface area (Å²) in [6.07, 6.45) is 3.70. The number of esters is 1. The molecule has 3 nitrogen and oxygen atoms in total. The van der Waals surface area contributed by atoms with Gasteiger partial charge in [-0.15, -0.1) is 0 Å². The summed E-state index contributed by atoms with van der Waals surface area (Å²) in [7, 11) is 0. The van der Waals surface area contributed by atoms with E-state index in [0.29, 0.717) is 11.6 Å². The average molecular weight is 261 g/mol. The minimum Gasteiger partial charge on any atom is -0.456 e. The third-order valence-electron chi connectivity index (χ3n) is 3.26. The number of ether oxygens (including phenoxy) is 1. The Hall–Kier alpha value is -1.35. The third kappa shape index (κ3) is 4.06. The number of piperidine rings is 1. The highest BCUT2D eigenvalue weighted by Crippen LogP contribution is 2.23. The fraction of sp³-hybridized carbons (Fsp3) is 0.562. The van der Waals surface area contributed by atoms with Crippen molar-refractivity contribution in [1.29, 1.82) is 0 Å². The van der Waals surface area contributed by atoms with Crippen LogP contribution in [-0.2, 0) is 4.74 Å². The van der Waals surface area contributed by atoms with E-state index in [2.05, 4.69) is 5.32 Å². The molecule has 1 aliphatic rings. The van der Waals surface area contributed by atoms with Gasteiger partial charge in [-0.05, 0) is 57.9 Å². The number of rotatable bonds is 2. The van der Waals surface area contributed by atoms with Gasteiger partial charge >= 0.3 is 5.97 Å². The number of carbonyl (C=O) groups excluding carboxylic acids is 1. The third-order valence-corrected chi connectivity index (χ3v) is 3.26. The van der Waals surface area contributed by atoms with E-state index in [1.54, 1.807) is 0 Å². The minimum absolute atomic E-state index is 0.254. The fourth-order valence-electron chi connectivity index (χ4n) is 2.32. The lowest BCUT2D eigenvalue weighted by Crippen LogP contribution is -2.27. The van der Waals surface area contributed by atoms with Crippen molar-refractivity contribution in [1.82, 2.24) is 5.32 Å². The molecule has 3 heteroatoms. The van der Waals surface area contributed by atoms with Gasteiger partial charge in [-0.25, -0.2) is 4.79 Å². The first-order chi connectivity index (χ1) is 8.96. The van der Waals surface area contributed by atoms with Crippen LogP contribution in [0.5, 0.6) is 0 Å². The maximum atomic E-state index is 11.9. The number of hydrogen-bond acceptors (Lipinski definition) is 3. The summed E-state index contributed by atoms with van der Waals surface area (Å²) in [6, 6.07) is 8.21. The highest BCUT2D eigenvalue weighted by molar-refractivity contribution is 5.89. The molecule has 0 amide bonds. The molecule has 0 radical (unpaired) electrons. The van der Waals surface area contributed by atoms with Crippen LogP contribution in [0.1, 0.15) is 62.0 Å². The largest absolute Gasteiger partial charge is 0.456 e. The normalized spacial score (nSPS) is 20.1. The van der Waals surface area contributed by atoms with Crippen molar-refractivity contribution in [3.63, 3.8) is 0 Å². The standard InChI is InChI=1S/C16H23NO2/c1-16(2,3)19-15(18)13-9-7-12(8-10-13)14-6-4-5-11-17-14/h7-10,14,17H,4-6,11H2,1-3H3. The van der Waals surface area contributed by atoms with Crippen LogP contribution < -0.4 is 5.32 Å². The second-order valence-corrected chi connectivity index (χ2v) is 6.13. The van der Waals surface area contributed by atoms with Crippen molar-refractivity contribution in [2.24, 2.45) is 0 Å². The maximum absolute atomic E-state index is 11.9. The van der Waals surface area contributed by atoms with E-state index < -0.39 is 5.60 Å². The molecule has 2 rings (SSSR count).